The second-order valence-corrected chi connectivity index (χ2v) is 4.19. The summed E-state index contributed by atoms with van der Waals surface area (Å²) in [5.74, 6) is -0.256. The van der Waals surface area contributed by atoms with E-state index in [1.807, 2.05) is 12.1 Å². The fraction of sp³-hybridized carbons (Fsp3) is 0. The van der Waals surface area contributed by atoms with Crippen molar-refractivity contribution in [2.24, 2.45) is 0 Å². The Hall–Kier alpha value is -1.87. The molecule has 0 unspecified atom stereocenters. The van der Waals surface area contributed by atoms with E-state index in [1.54, 1.807) is 29.1 Å². The number of aromatic nitrogens is 2. The molecule has 2 nitrogen and oxygen atoms in total. The third kappa shape index (κ3) is 1.89. The van der Waals surface area contributed by atoms with Gasteiger partial charge in [0.15, 0.2) is 0 Å². The fourth-order valence-electron chi connectivity index (χ4n) is 1.72. The SMILES string of the molecule is Fc1ccc2nn(-c3ccc(Cl)cc3)cc2c1. The van der Waals surface area contributed by atoms with Crippen molar-refractivity contribution in [1.82, 2.24) is 9.78 Å². The van der Waals surface area contributed by atoms with Gasteiger partial charge in [0.25, 0.3) is 0 Å². The molecule has 1 aromatic heterocycles. The minimum Gasteiger partial charge on any atom is -0.240 e. The van der Waals surface area contributed by atoms with Crippen LogP contribution in [0.15, 0.2) is 48.7 Å². The predicted octanol–water partition coefficient (Wildman–Crippen LogP) is 3.82. The smallest absolute Gasteiger partial charge is 0.124 e. The Morgan fingerprint density at radius 3 is 2.59 bits per heavy atom. The molecule has 84 valence electrons. The molecular formula is C13H8ClFN2. The summed E-state index contributed by atoms with van der Waals surface area (Å²) in [4.78, 5) is 0. The summed E-state index contributed by atoms with van der Waals surface area (Å²) < 4.78 is 14.8. The van der Waals surface area contributed by atoms with Gasteiger partial charge >= 0.3 is 0 Å². The summed E-state index contributed by atoms with van der Waals surface area (Å²) in [7, 11) is 0. The molecule has 2 aromatic carbocycles. The van der Waals surface area contributed by atoms with E-state index in [0.717, 1.165) is 16.6 Å². The summed E-state index contributed by atoms with van der Waals surface area (Å²) in [5.41, 5.74) is 1.66. The van der Waals surface area contributed by atoms with E-state index in [9.17, 15) is 4.39 Å². The normalized spacial score (nSPS) is 10.9. The maximum atomic E-state index is 13.0. The Labute approximate surface area is 102 Å². The number of hydrogen-bond acceptors (Lipinski definition) is 1. The minimum absolute atomic E-state index is 0.256. The van der Waals surface area contributed by atoms with Crippen LogP contribution in [0.3, 0.4) is 0 Å². The highest BCUT2D eigenvalue weighted by molar-refractivity contribution is 6.30. The Morgan fingerprint density at radius 1 is 1.06 bits per heavy atom. The van der Waals surface area contributed by atoms with Crippen LogP contribution in [0.1, 0.15) is 0 Å². The Balaban J connectivity index is 2.14. The quantitative estimate of drug-likeness (QED) is 0.638. The zero-order valence-electron chi connectivity index (χ0n) is 8.77. The molecule has 4 heteroatoms. The first kappa shape index (κ1) is 10.3. The summed E-state index contributed by atoms with van der Waals surface area (Å²) in [6.45, 7) is 0. The van der Waals surface area contributed by atoms with Crippen molar-refractivity contribution in [3.63, 3.8) is 0 Å². The van der Waals surface area contributed by atoms with Crippen LogP contribution < -0.4 is 0 Å². The van der Waals surface area contributed by atoms with E-state index in [1.165, 1.54) is 12.1 Å². The van der Waals surface area contributed by atoms with E-state index in [2.05, 4.69) is 5.10 Å². The van der Waals surface area contributed by atoms with Gasteiger partial charge in [-0.25, -0.2) is 9.07 Å². The van der Waals surface area contributed by atoms with Crippen molar-refractivity contribution in [1.29, 1.82) is 0 Å². The molecule has 0 radical (unpaired) electrons. The molecule has 0 amide bonds. The van der Waals surface area contributed by atoms with Crippen LogP contribution in [0.2, 0.25) is 5.02 Å². The summed E-state index contributed by atoms with van der Waals surface area (Å²) >= 11 is 5.82. The summed E-state index contributed by atoms with van der Waals surface area (Å²) in [6.07, 6.45) is 1.79. The van der Waals surface area contributed by atoms with Gasteiger partial charge in [-0.2, -0.15) is 5.10 Å². The van der Waals surface area contributed by atoms with E-state index < -0.39 is 0 Å². The van der Waals surface area contributed by atoms with E-state index in [-0.39, 0.29) is 5.82 Å². The van der Waals surface area contributed by atoms with Gasteiger partial charge in [-0.1, -0.05) is 11.6 Å². The van der Waals surface area contributed by atoms with Crippen LogP contribution in [-0.2, 0) is 0 Å². The Kier molecular flexibility index (Phi) is 2.34. The average Bonchev–Trinajstić information content (AvgIpc) is 2.72. The molecule has 17 heavy (non-hydrogen) atoms. The molecule has 3 rings (SSSR count). The van der Waals surface area contributed by atoms with Gasteiger partial charge in [0.1, 0.15) is 5.82 Å². The van der Waals surface area contributed by atoms with E-state index in [4.69, 9.17) is 11.6 Å². The van der Waals surface area contributed by atoms with Gasteiger partial charge in [-0.3, -0.25) is 0 Å². The molecule has 0 atom stereocenters. The lowest BCUT2D eigenvalue weighted by Crippen LogP contribution is -1.92. The molecule has 0 aliphatic rings. The lowest BCUT2D eigenvalue weighted by molar-refractivity contribution is 0.630. The number of nitrogens with zero attached hydrogens (tertiary/aromatic N) is 2. The number of benzene rings is 2. The standard InChI is InChI=1S/C13H8ClFN2/c14-10-1-4-12(5-2-10)17-8-9-7-11(15)3-6-13(9)16-17/h1-8H. The number of fused-ring (bicyclic) bond motifs is 1. The topological polar surface area (TPSA) is 17.8 Å². The van der Waals surface area contributed by atoms with Gasteiger partial charge in [0.2, 0.25) is 0 Å². The van der Waals surface area contributed by atoms with Crippen LogP contribution in [0.5, 0.6) is 0 Å². The van der Waals surface area contributed by atoms with Crippen molar-refractivity contribution < 1.29 is 4.39 Å². The third-order valence-electron chi connectivity index (χ3n) is 2.56. The van der Waals surface area contributed by atoms with Crippen molar-refractivity contribution in [3.05, 3.63) is 59.5 Å². The molecule has 0 saturated carbocycles. The van der Waals surface area contributed by atoms with E-state index in [0.29, 0.717) is 5.02 Å². The van der Waals surface area contributed by atoms with Crippen molar-refractivity contribution in [2.75, 3.05) is 0 Å². The third-order valence-corrected chi connectivity index (χ3v) is 2.81. The van der Waals surface area contributed by atoms with Crippen molar-refractivity contribution in [3.8, 4) is 5.69 Å². The zero-order chi connectivity index (χ0) is 11.8. The number of rotatable bonds is 1. The van der Waals surface area contributed by atoms with E-state index >= 15 is 0 Å². The Morgan fingerprint density at radius 2 is 1.82 bits per heavy atom. The maximum absolute atomic E-state index is 13.0. The second kappa shape index (κ2) is 3.86. The fourth-order valence-corrected chi connectivity index (χ4v) is 1.85. The highest BCUT2D eigenvalue weighted by atomic mass is 35.5. The molecular weight excluding hydrogens is 239 g/mol. The van der Waals surface area contributed by atoms with Crippen molar-refractivity contribution >= 4 is 22.5 Å². The molecule has 0 bridgehead atoms. The van der Waals surface area contributed by atoms with Crippen LogP contribution in [0.4, 0.5) is 4.39 Å². The van der Waals surface area contributed by atoms with Gasteiger partial charge in [0.05, 0.1) is 11.2 Å². The number of hydrogen-bond donors (Lipinski definition) is 0. The predicted molar refractivity (Wildman–Crippen MR) is 66.0 cm³/mol. The van der Waals surface area contributed by atoms with Crippen LogP contribution >= 0.6 is 11.6 Å². The molecule has 3 aromatic rings. The summed E-state index contributed by atoms with van der Waals surface area (Å²) in [6, 6.07) is 11.9. The van der Waals surface area contributed by atoms with Gasteiger partial charge in [-0.05, 0) is 42.5 Å². The highest BCUT2D eigenvalue weighted by Gasteiger charge is 2.03. The lowest BCUT2D eigenvalue weighted by Gasteiger charge is -1.99. The van der Waals surface area contributed by atoms with Gasteiger partial charge in [0, 0.05) is 16.6 Å². The molecule has 0 aliphatic heterocycles. The molecule has 0 saturated heterocycles. The Bertz CT molecular complexity index is 673. The molecule has 0 spiro atoms. The molecule has 0 N–H and O–H groups in total. The maximum Gasteiger partial charge on any atom is 0.124 e. The minimum atomic E-state index is -0.256. The first-order valence-electron chi connectivity index (χ1n) is 5.13. The zero-order valence-corrected chi connectivity index (χ0v) is 9.53. The lowest BCUT2D eigenvalue weighted by atomic mass is 10.2. The first-order valence-corrected chi connectivity index (χ1v) is 5.51. The summed E-state index contributed by atoms with van der Waals surface area (Å²) in [5, 5.41) is 5.82. The van der Waals surface area contributed by atoms with Crippen LogP contribution in [0, 0.1) is 5.82 Å². The highest BCUT2D eigenvalue weighted by Crippen LogP contribution is 2.18. The number of halogens is 2. The van der Waals surface area contributed by atoms with Crippen LogP contribution in [0.25, 0.3) is 16.6 Å². The largest absolute Gasteiger partial charge is 0.240 e. The average molecular weight is 247 g/mol. The molecule has 0 fully saturated rings. The molecule has 1 heterocycles. The van der Waals surface area contributed by atoms with Gasteiger partial charge in [-0.15, -0.1) is 0 Å². The van der Waals surface area contributed by atoms with Crippen molar-refractivity contribution in [2.45, 2.75) is 0 Å². The monoisotopic (exact) mass is 246 g/mol. The van der Waals surface area contributed by atoms with Crippen LogP contribution in [-0.4, -0.2) is 9.78 Å². The molecule has 0 aliphatic carbocycles. The van der Waals surface area contributed by atoms with Gasteiger partial charge < -0.3 is 0 Å². The second-order valence-electron chi connectivity index (χ2n) is 3.75. The first-order chi connectivity index (χ1) is 8.22.